The first kappa shape index (κ1) is 13.9. The van der Waals surface area contributed by atoms with Gasteiger partial charge in [-0.15, -0.1) is 0 Å². The molecule has 0 aliphatic carbocycles. The summed E-state index contributed by atoms with van der Waals surface area (Å²) >= 11 is 0. The Labute approximate surface area is 121 Å². The number of rotatable bonds is 2. The maximum absolute atomic E-state index is 14.0. The molecule has 21 heavy (non-hydrogen) atoms. The Morgan fingerprint density at radius 3 is 2.67 bits per heavy atom. The number of piperazine rings is 1. The topological polar surface area (TPSA) is 41.1 Å². The van der Waals surface area contributed by atoms with Crippen molar-refractivity contribution in [3.63, 3.8) is 0 Å². The van der Waals surface area contributed by atoms with Gasteiger partial charge in [0.25, 0.3) is 0 Å². The Morgan fingerprint density at radius 2 is 1.90 bits per heavy atom. The molecule has 1 N–H and O–H groups in total. The molecule has 0 bridgehead atoms. The summed E-state index contributed by atoms with van der Waals surface area (Å²) in [6.45, 7) is 4.86. The lowest BCUT2D eigenvalue weighted by Crippen LogP contribution is -2.44. The molecule has 0 atom stereocenters. The molecule has 1 aromatic heterocycles. The summed E-state index contributed by atoms with van der Waals surface area (Å²) in [6.07, 6.45) is 1.58. The fourth-order valence-electron chi connectivity index (χ4n) is 2.36. The van der Waals surface area contributed by atoms with Crippen molar-refractivity contribution in [2.75, 3.05) is 31.1 Å². The predicted molar refractivity (Wildman–Crippen MR) is 77.2 cm³/mol. The van der Waals surface area contributed by atoms with E-state index in [1.54, 1.807) is 12.3 Å². The van der Waals surface area contributed by atoms with Gasteiger partial charge in [0.1, 0.15) is 11.6 Å². The zero-order valence-electron chi connectivity index (χ0n) is 11.7. The summed E-state index contributed by atoms with van der Waals surface area (Å²) in [4.78, 5) is 10.6. The first-order chi connectivity index (χ1) is 10.1. The molecule has 1 saturated heterocycles. The smallest absolute Gasteiger partial charge is 0.225 e. The van der Waals surface area contributed by atoms with Crippen LogP contribution < -0.4 is 10.2 Å². The molecule has 1 aromatic carbocycles. The van der Waals surface area contributed by atoms with E-state index in [1.807, 2.05) is 4.90 Å². The molecule has 0 unspecified atom stereocenters. The van der Waals surface area contributed by atoms with Gasteiger partial charge < -0.3 is 10.2 Å². The molecule has 110 valence electrons. The number of anilines is 1. The molecule has 0 spiro atoms. The fourth-order valence-corrected chi connectivity index (χ4v) is 2.36. The standard InChI is InChI=1S/C15H16F2N4/c1-10-8-13(17)11(9-12(10)16)14-2-3-19-15(20-14)21-6-4-18-5-7-21/h2-3,8-9,18H,4-7H2,1H3. The normalized spacial score (nSPS) is 15.3. The first-order valence-electron chi connectivity index (χ1n) is 6.90. The number of nitrogens with zero attached hydrogens (tertiary/aromatic N) is 3. The van der Waals surface area contributed by atoms with Gasteiger partial charge in [0.05, 0.1) is 5.69 Å². The Balaban J connectivity index is 1.97. The molecule has 6 heteroatoms. The Kier molecular flexibility index (Phi) is 3.79. The Morgan fingerprint density at radius 1 is 1.14 bits per heavy atom. The van der Waals surface area contributed by atoms with Crippen molar-refractivity contribution in [3.05, 3.63) is 41.6 Å². The van der Waals surface area contributed by atoms with Crippen molar-refractivity contribution in [2.45, 2.75) is 6.92 Å². The number of hydrogen-bond donors (Lipinski definition) is 1. The molecule has 1 aliphatic heterocycles. The molecule has 1 aliphatic rings. The van der Waals surface area contributed by atoms with E-state index >= 15 is 0 Å². The van der Waals surface area contributed by atoms with Crippen LogP contribution in [0, 0.1) is 18.6 Å². The van der Waals surface area contributed by atoms with E-state index in [9.17, 15) is 8.78 Å². The van der Waals surface area contributed by atoms with Crippen molar-refractivity contribution in [1.29, 1.82) is 0 Å². The van der Waals surface area contributed by atoms with Crippen molar-refractivity contribution < 1.29 is 8.78 Å². The van der Waals surface area contributed by atoms with Gasteiger partial charge >= 0.3 is 0 Å². The fraction of sp³-hybridized carbons (Fsp3) is 0.333. The molecule has 2 aromatic rings. The van der Waals surface area contributed by atoms with E-state index in [0.717, 1.165) is 26.2 Å². The van der Waals surface area contributed by atoms with Crippen LogP contribution in [-0.2, 0) is 0 Å². The highest BCUT2D eigenvalue weighted by molar-refractivity contribution is 5.61. The third-order valence-electron chi connectivity index (χ3n) is 3.57. The monoisotopic (exact) mass is 290 g/mol. The van der Waals surface area contributed by atoms with Crippen molar-refractivity contribution in [2.24, 2.45) is 0 Å². The molecular weight excluding hydrogens is 274 g/mol. The maximum atomic E-state index is 14.0. The van der Waals surface area contributed by atoms with Crippen LogP contribution in [0.15, 0.2) is 24.4 Å². The minimum atomic E-state index is -0.473. The maximum Gasteiger partial charge on any atom is 0.225 e. The number of benzene rings is 1. The van der Waals surface area contributed by atoms with Crippen LogP contribution in [0.2, 0.25) is 0 Å². The van der Waals surface area contributed by atoms with Crippen molar-refractivity contribution >= 4 is 5.95 Å². The minimum Gasteiger partial charge on any atom is -0.338 e. The van der Waals surface area contributed by atoms with Crippen LogP contribution in [0.25, 0.3) is 11.3 Å². The highest BCUT2D eigenvalue weighted by atomic mass is 19.1. The van der Waals surface area contributed by atoms with E-state index in [1.165, 1.54) is 19.1 Å². The lowest BCUT2D eigenvalue weighted by Gasteiger charge is -2.27. The van der Waals surface area contributed by atoms with E-state index in [0.29, 0.717) is 11.6 Å². The zero-order chi connectivity index (χ0) is 14.8. The van der Waals surface area contributed by atoms with Crippen LogP contribution >= 0.6 is 0 Å². The SMILES string of the molecule is Cc1cc(F)c(-c2ccnc(N3CCNCC3)n2)cc1F. The molecule has 2 heterocycles. The van der Waals surface area contributed by atoms with Gasteiger partial charge in [0.2, 0.25) is 5.95 Å². The van der Waals surface area contributed by atoms with Crippen molar-refractivity contribution in [3.8, 4) is 11.3 Å². The van der Waals surface area contributed by atoms with E-state index in [2.05, 4.69) is 15.3 Å². The van der Waals surface area contributed by atoms with Crippen LogP contribution in [0.4, 0.5) is 14.7 Å². The quantitative estimate of drug-likeness (QED) is 0.920. The Bertz CT molecular complexity index is 654. The van der Waals surface area contributed by atoms with Gasteiger partial charge in [-0.1, -0.05) is 0 Å². The average molecular weight is 290 g/mol. The largest absolute Gasteiger partial charge is 0.338 e. The third kappa shape index (κ3) is 2.85. The van der Waals surface area contributed by atoms with E-state index in [-0.39, 0.29) is 11.1 Å². The molecule has 4 nitrogen and oxygen atoms in total. The zero-order valence-corrected chi connectivity index (χ0v) is 11.7. The Hall–Kier alpha value is -2.08. The van der Waals surface area contributed by atoms with Gasteiger partial charge in [-0.3, -0.25) is 0 Å². The second kappa shape index (κ2) is 5.73. The summed E-state index contributed by atoms with van der Waals surface area (Å²) in [5.41, 5.74) is 0.847. The van der Waals surface area contributed by atoms with Gasteiger partial charge in [-0.25, -0.2) is 18.7 Å². The number of nitrogens with one attached hydrogen (secondary N) is 1. The number of aryl methyl sites for hydroxylation is 1. The molecule has 1 fully saturated rings. The summed E-state index contributed by atoms with van der Waals surface area (Å²) < 4.78 is 27.7. The highest BCUT2D eigenvalue weighted by Crippen LogP contribution is 2.25. The molecule has 3 rings (SSSR count). The lowest BCUT2D eigenvalue weighted by atomic mass is 10.1. The number of hydrogen-bond acceptors (Lipinski definition) is 4. The first-order valence-corrected chi connectivity index (χ1v) is 6.90. The molecule has 0 amide bonds. The summed E-state index contributed by atoms with van der Waals surface area (Å²) in [7, 11) is 0. The molecule has 0 saturated carbocycles. The van der Waals surface area contributed by atoms with Crippen LogP contribution in [-0.4, -0.2) is 36.1 Å². The lowest BCUT2D eigenvalue weighted by molar-refractivity contribution is 0.579. The molecular formula is C15H16F2N4. The van der Waals surface area contributed by atoms with Gasteiger partial charge in [0, 0.05) is 37.9 Å². The van der Waals surface area contributed by atoms with Gasteiger partial charge in [-0.05, 0) is 30.7 Å². The van der Waals surface area contributed by atoms with Gasteiger partial charge in [0.15, 0.2) is 0 Å². The second-order valence-electron chi connectivity index (χ2n) is 5.06. The number of halogens is 2. The summed E-state index contributed by atoms with van der Waals surface area (Å²) in [6, 6.07) is 3.98. The van der Waals surface area contributed by atoms with Crippen molar-refractivity contribution in [1.82, 2.24) is 15.3 Å². The highest BCUT2D eigenvalue weighted by Gasteiger charge is 2.16. The van der Waals surface area contributed by atoms with Crippen LogP contribution in [0.1, 0.15) is 5.56 Å². The van der Waals surface area contributed by atoms with Crippen LogP contribution in [0.5, 0.6) is 0 Å². The number of aromatic nitrogens is 2. The van der Waals surface area contributed by atoms with Gasteiger partial charge in [-0.2, -0.15) is 0 Å². The second-order valence-corrected chi connectivity index (χ2v) is 5.06. The van der Waals surface area contributed by atoms with E-state index in [4.69, 9.17) is 0 Å². The predicted octanol–water partition coefficient (Wildman–Crippen LogP) is 2.14. The van der Waals surface area contributed by atoms with Crippen LogP contribution in [0.3, 0.4) is 0 Å². The average Bonchev–Trinajstić information content (AvgIpc) is 2.52. The summed E-state index contributed by atoms with van der Waals surface area (Å²) in [5.74, 6) is -0.359. The third-order valence-corrected chi connectivity index (χ3v) is 3.57. The minimum absolute atomic E-state index is 0.164. The molecule has 0 radical (unpaired) electrons. The summed E-state index contributed by atoms with van der Waals surface area (Å²) in [5, 5.41) is 3.25. The van der Waals surface area contributed by atoms with E-state index < -0.39 is 11.6 Å².